The van der Waals surface area contributed by atoms with Gasteiger partial charge in [-0.05, 0) is 12.8 Å². The fraction of sp³-hybridized carbons (Fsp3) is 1.00. The molecule has 1 unspecified atom stereocenters. The Morgan fingerprint density at radius 2 is 0.833 bits per heavy atom. The molecule has 1 atom stereocenters. The smallest absolute Gasteiger partial charge is 0.726 e. The molecule has 0 heterocycles. The summed E-state index contributed by atoms with van der Waals surface area (Å²) in [5.74, 6) is 0. The van der Waals surface area contributed by atoms with E-state index in [1.807, 2.05) is 0 Å². The Labute approximate surface area is 210 Å². The fourth-order valence-electron chi connectivity index (χ4n) is 3.95. The van der Waals surface area contributed by atoms with Gasteiger partial charge in [-0.1, -0.05) is 136 Å². The van der Waals surface area contributed by atoms with Crippen molar-refractivity contribution in [3.8, 4) is 0 Å². The third-order valence-electron chi connectivity index (χ3n) is 5.76. The molecule has 30 heavy (non-hydrogen) atoms. The minimum Gasteiger partial charge on any atom is -0.726 e. The zero-order chi connectivity index (χ0) is 21.6. The van der Waals surface area contributed by atoms with Gasteiger partial charge in [-0.15, -0.1) is 0 Å². The molecule has 0 bridgehead atoms. The van der Waals surface area contributed by atoms with Crippen LogP contribution in [0.5, 0.6) is 0 Å². The third-order valence-corrected chi connectivity index (χ3v) is 6.27. The minimum absolute atomic E-state index is 0. The van der Waals surface area contributed by atoms with Crippen molar-refractivity contribution in [1.29, 1.82) is 0 Å². The van der Waals surface area contributed by atoms with Gasteiger partial charge in [0.1, 0.15) is 0 Å². The van der Waals surface area contributed by atoms with Gasteiger partial charge in [0.05, 0.1) is 6.10 Å². The van der Waals surface area contributed by atoms with Crippen molar-refractivity contribution in [2.45, 2.75) is 155 Å². The predicted octanol–water partition coefficient (Wildman–Crippen LogP) is 5.07. The van der Waals surface area contributed by atoms with Crippen LogP contribution in [-0.4, -0.2) is 19.1 Å². The van der Waals surface area contributed by atoms with E-state index in [0.717, 1.165) is 25.7 Å². The van der Waals surface area contributed by atoms with Crippen molar-refractivity contribution in [2.24, 2.45) is 0 Å². The first-order valence-corrected chi connectivity index (χ1v) is 14.0. The van der Waals surface area contributed by atoms with Crippen LogP contribution in [0.25, 0.3) is 0 Å². The zero-order valence-corrected chi connectivity index (χ0v) is 23.3. The molecule has 0 amide bonds. The van der Waals surface area contributed by atoms with Crippen molar-refractivity contribution < 1.29 is 46.7 Å². The Balaban J connectivity index is 0. The van der Waals surface area contributed by atoms with Crippen LogP contribution in [0.1, 0.15) is 149 Å². The van der Waals surface area contributed by atoms with Crippen molar-refractivity contribution in [1.82, 2.24) is 0 Å². The second-order valence-electron chi connectivity index (χ2n) is 8.71. The molecule has 0 saturated heterocycles. The molecule has 0 N–H and O–H groups in total. The van der Waals surface area contributed by atoms with Crippen molar-refractivity contribution >= 4 is 10.4 Å². The van der Waals surface area contributed by atoms with E-state index in [1.165, 1.54) is 96.3 Å². The first-order chi connectivity index (χ1) is 14.0. The van der Waals surface area contributed by atoms with Crippen LogP contribution in [0.2, 0.25) is 0 Å². The summed E-state index contributed by atoms with van der Waals surface area (Å²) in [4.78, 5) is 0. The van der Waals surface area contributed by atoms with Crippen LogP contribution in [-0.2, 0) is 14.6 Å². The summed E-state index contributed by atoms with van der Waals surface area (Å²) in [6.07, 6.45) is 24.7. The van der Waals surface area contributed by atoms with Gasteiger partial charge in [0, 0.05) is 0 Å². The number of rotatable bonds is 23. The molecule has 4 nitrogen and oxygen atoms in total. The molecule has 0 fully saturated rings. The number of hydrogen-bond donors (Lipinski definition) is 0. The maximum Gasteiger partial charge on any atom is 1.00 e. The SMILES string of the molecule is CCCCCCCCCCCCCCCC(CCCCCCCC)OS(=O)(=O)[O-].[Na+]. The van der Waals surface area contributed by atoms with E-state index in [-0.39, 0.29) is 29.6 Å². The van der Waals surface area contributed by atoms with Gasteiger partial charge in [0.25, 0.3) is 0 Å². The van der Waals surface area contributed by atoms with Crippen molar-refractivity contribution in [2.75, 3.05) is 0 Å². The molecule has 0 aromatic carbocycles. The first-order valence-electron chi connectivity index (χ1n) is 12.6. The van der Waals surface area contributed by atoms with Crippen LogP contribution < -0.4 is 29.6 Å². The van der Waals surface area contributed by atoms with E-state index in [9.17, 15) is 13.0 Å². The molecule has 0 aromatic rings. The van der Waals surface area contributed by atoms with Gasteiger partial charge in [0.15, 0.2) is 0 Å². The quantitative estimate of drug-likeness (QED) is 0.0932. The number of hydrogen-bond acceptors (Lipinski definition) is 4. The fourth-order valence-corrected chi connectivity index (χ4v) is 4.48. The molecule has 6 heteroatoms. The summed E-state index contributed by atoms with van der Waals surface area (Å²) >= 11 is 0. The Morgan fingerprint density at radius 3 is 1.10 bits per heavy atom. The first kappa shape index (κ1) is 33.0. The molecule has 0 aliphatic carbocycles. The summed E-state index contributed by atoms with van der Waals surface area (Å²) in [7, 11) is -4.59. The Bertz CT molecular complexity index is 429. The van der Waals surface area contributed by atoms with Gasteiger partial charge in [-0.25, -0.2) is 8.42 Å². The standard InChI is InChI=1S/C24H50O4S.Na/c1-3-5-7-9-11-12-13-14-15-16-17-19-21-23-24(28-29(25,26)27)22-20-18-10-8-6-4-2;/h24H,3-23H2,1-2H3,(H,25,26,27);/q;+1/p-1. The van der Waals surface area contributed by atoms with Gasteiger partial charge < -0.3 is 4.55 Å². The maximum atomic E-state index is 11.0. The molecular formula is C24H49NaO4S. The normalized spacial score (nSPS) is 12.6. The second-order valence-corrected chi connectivity index (χ2v) is 9.72. The number of unbranched alkanes of at least 4 members (excludes halogenated alkanes) is 17. The summed E-state index contributed by atoms with van der Waals surface area (Å²) in [6, 6.07) is 0. The molecule has 0 spiro atoms. The van der Waals surface area contributed by atoms with E-state index in [0.29, 0.717) is 12.8 Å². The third kappa shape index (κ3) is 26.9. The summed E-state index contributed by atoms with van der Waals surface area (Å²) in [6.45, 7) is 4.45. The summed E-state index contributed by atoms with van der Waals surface area (Å²) in [5.41, 5.74) is 0. The minimum atomic E-state index is -4.59. The van der Waals surface area contributed by atoms with E-state index >= 15 is 0 Å². The van der Waals surface area contributed by atoms with Crippen molar-refractivity contribution in [3.05, 3.63) is 0 Å². The predicted molar refractivity (Wildman–Crippen MR) is 123 cm³/mol. The second kappa shape index (κ2) is 24.5. The molecule has 0 rings (SSSR count). The Kier molecular flexibility index (Phi) is 27.0. The zero-order valence-electron chi connectivity index (χ0n) is 20.5. The Hall–Kier alpha value is 0.870. The van der Waals surface area contributed by atoms with Gasteiger partial charge in [-0.2, -0.15) is 0 Å². The topological polar surface area (TPSA) is 66.4 Å². The average Bonchev–Trinajstić information content (AvgIpc) is 2.66. The molecule has 176 valence electrons. The Morgan fingerprint density at radius 1 is 0.567 bits per heavy atom. The monoisotopic (exact) mass is 456 g/mol. The van der Waals surface area contributed by atoms with Crippen LogP contribution in [0, 0.1) is 0 Å². The molecule has 0 aliphatic rings. The molecule has 0 aliphatic heterocycles. The van der Waals surface area contributed by atoms with Gasteiger partial charge in [0.2, 0.25) is 10.4 Å². The molecular weight excluding hydrogens is 407 g/mol. The van der Waals surface area contributed by atoms with Crippen LogP contribution in [0.15, 0.2) is 0 Å². The van der Waals surface area contributed by atoms with Gasteiger partial charge in [-0.3, -0.25) is 4.18 Å². The molecule has 0 aromatic heterocycles. The van der Waals surface area contributed by atoms with E-state index in [4.69, 9.17) is 4.18 Å². The van der Waals surface area contributed by atoms with Crippen molar-refractivity contribution in [3.63, 3.8) is 0 Å². The van der Waals surface area contributed by atoms with E-state index in [2.05, 4.69) is 13.8 Å². The summed E-state index contributed by atoms with van der Waals surface area (Å²) < 4.78 is 37.7. The van der Waals surface area contributed by atoms with Crippen LogP contribution in [0.4, 0.5) is 0 Å². The average molecular weight is 457 g/mol. The molecule has 0 radical (unpaired) electrons. The summed E-state index contributed by atoms with van der Waals surface area (Å²) in [5, 5.41) is 0. The van der Waals surface area contributed by atoms with Crippen LogP contribution in [0.3, 0.4) is 0 Å². The molecule has 0 saturated carbocycles. The van der Waals surface area contributed by atoms with E-state index < -0.39 is 16.5 Å². The largest absolute Gasteiger partial charge is 1.00 e. The van der Waals surface area contributed by atoms with Crippen LogP contribution >= 0.6 is 0 Å². The van der Waals surface area contributed by atoms with E-state index in [1.54, 1.807) is 0 Å². The van der Waals surface area contributed by atoms with Gasteiger partial charge >= 0.3 is 29.6 Å². The maximum absolute atomic E-state index is 11.0.